The van der Waals surface area contributed by atoms with Crippen LogP contribution in [0.2, 0.25) is 0 Å². The Morgan fingerprint density at radius 2 is 1.70 bits per heavy atom. The van der Waals surface area contributed by atoms with Crippen LogP contribution in [0.15, 0.2) is 52.3 Å². The minimum Gasteiger partial charge on any atom is -0.496 e. The predicted molar refractivity (Wildman–Crippen MR) is 130 cm³/mol. The van der Waals surface area contributed by atoms with Gasteiger partial charge in [-0.05, 0) is 54.9 Å². The van der Waals surface area contributed by atoms with E-state index in [0.29, 0.717) is 23.7 Å². The number of rotatable bonds is 6. The lowest BCUT2D eigenvalue weighted by molar-refractivity contribution is 0.102. The summed E-state index contributed by atoms with van der Waals surface area (Å²) in [4.78, 5) is 27.4. The molecule has 8 nitrogen and oxygen atoms in total. The van der Waals surface area contributed by atoms with Crippen molar-refractivity contribution in [2.75, 3.05) is 39.6 Å². The Kier molecular flexibility index (Phi) is 8.39. The Morgan fingerprint density at radius 3 is 2.33 bits per heavy atom. The van der Waals surface area contributed by atoms with E-state index in [1.165, 1.54) is 34.5 Å². The van der Waals surface area contributed by atoms with Gasteiger partial charge in [-0.15, -0.1) is 0 Å². The van der Waals surface area contributed by atoms with Crippen LogP contribution in [0.25, 0.3) is 0 Å². The molecule has 0 saturated carbocycles. The second-order valence-electron chi connectivity index (χ2n) is 7.89. The maximum Gasteiger partial charge on any atom is 0.286 e. The zero-order chi connectivity index (χ0) is 24.0. The Balaban J connectivity index is 1.90. The number of hydrogen-bond acceptors (Lipinski definition) is 6. The molecule has 0 bridgehead atoms. The molecule has 3 rings (SSSR count). The molecule has 0 atom stereocenters. The number of hydrogen-bond donors (Lipinski definition) is 1. The summed E-state index contributed by atoms with van der Waals surface area (Å²) in [7, 11) is 0.997. The van der Waals surface area contributed by atoms with E-state index in [2.05, 4.69) is 5.32 Å². The summed E-state index contributed by atoms with van der Waals surface area (Å²) in [5, 5.41) is 2.61. The van der Waals surface area contributed by atoms with Gasteiger partial charge in [-0.1, -0.05) is 25.0 Å². The van der Waals surface area contributed by atoms with Gasteiger partial charge in [-0.2, -0.15) is 4.31 Å². The van der Waals surface area contributed by atoms with Gasteiger partial charge in [0.05, 0.1) is 23.3 Å². The Labute approximate surface area is 199 Å². The second-order valence-corrected chi connectivity index (χ2v) is 10.8. The maximum absolute atomic E-state index is 13.2. The van der Waals surface area contributed by atoms with Crippen LogP contribution in [0.4, 0.5) is 10.5 Å². The molecule has 0 unspecified atom stereocenters. The van der Waals surface area contributed by atoms with E-state index in [4.69, 9.17) is 4.74 Å². The van der Waals surface area contributed by atoms with Crippen molar-refractivity contribution < 1.29 is 22.7 Å². The summed E-state index contributed by atoms with van der Waals surface area (Å²) in [6.07, 6.45) is 3.66. The normalized spacial score (nSPS) is 14.9. The maximum atomic E-state index is 13.2. The van der Waals surface area contributed by atoms with Gasteiger partial charge in [-0.25, -0.2) is 8.42 Å². The lowest BCUT2D eigenvalue weighted by atomic mass is 10.2. The fourth-order valence-electron chi connectivity index (χ4n) is 3.49. The Morgan fingerprint density at radius 1 is 1.03 bits per heavy atom. The molecule has 1 saturated heterocycles. The third-order valence-electron chi connectivity index (χ3n) is 5.32. The predicted octanol–water partition coefficient (Wildman–Crippen LogP) is 4.29. The summed E-state index contributed by atoms with van der Waals surface area (Å²) >= 11 is 0.992. The van der Waals surface area contributed by atoms with Gasteiger partial charge in [0.25, 0.3) is 11.1 Å². The number of sulfonamides is 1. The first kappa shape index (κ1) is 25.1. The standard InChI is InChI=1S/C23H29N3O5S2/c1-25(2)23(28)32-21-11-7-6-10-19(21)24-22(27)18-16-17(12-13-20(18)31-3)33(29,30)26-14-8-4-5-9-15-26/h6-7,10-13,16H,4-5,8-9,14-15H2,1-3H3,(H,24,27). The number of thioether (sulfide) groups is 1. The average molecular weight is 492 g/mol. The Hall–Kier alpha value is -2.56. The zero-order valence-corrected chi connectivity index (χ0v) is 20.7. The van der Waals surface area contributed by atoms with Crippen molar-refractivity contribution in [2.24, 2.45) is 0 Å². The van der Waals surface area contributed by atoms with E-state index >= 15 is 0 Å². The Bertz CT molecular complexity index is 1110. The number of amides is 2. The van der Waals surface area contributed by atoms with E-state index in [1.807, 2.05) is 0 Å². The molecule has 0 aliphatic carbocycles. The van der Waals surface area contributed by atoms with E-state index in [1.54, 1.807) is 38.4 Å². The highest BCUT2D eigenvalue weighted by molar-refractivity contribution is 8.13. The van der Waals surface area contributed by atoms with Crippen LogP contribution in [0.3, 0.4) is 0 Å². The monoisotopic (exact) mass is 491 g/mol. The molecule has 0 spiro atoms. The first-order valence-corrected chi connectivity index (χ1v) is 13.0. The highest BCUT2D eigenvalue weighted by Crippen LogP contribution is 2.31. The molecule has 1 fully saturated rings. The number of anilines is 1. The van der Waals surface area contributed by atoms with E-state index in [9.17, 15) is 18.0 Å². The van der Waals surface area contributed by atoms with E-state index in [-0.39, 0.29) is 21.4 Å². The third-order valence-corrected chi connectivity index (χ3v) is 8.33. The first-order chi connectivity index (χ1) is 15.7. The summed E-state index contributed by atoms with van der Waals surface area (Å²) in [6.45, 7) is 0.945. The van der Waals surface area contributed by atoms with Crippen molar-refractivity contribution in [3.05, 3.63) is 48.0 Å². The van der Waals surface area contributed by atoms with Crippen molar-refractivity contribution in [3.63, 3.8) is 0 Å². The van der Waals surface area contributed by atoms with Gasteiger partial charge in [-0.3, -0.25) is 9.59 Å². The van der Waals surface area contributed by atoms with Crippen molar-refractivity contribution >= 4 is 38.6 Å². The molecule has 2 aromatic carbocycles. The average Bonchev–Trinajstić information content (AvgIpc) is 3.10. The SMILES string of the molecule is COc1ccc(S(=O)(=O)N2CCCCCC2)cc1C(=O)Nc1ccccc1SC(=O)N(C)C. The van der Waals surface area contributed by atoms with E-state index < -0.39 is 15.9 Å². The second kappa shape index (κ2) is 11.0. The molecular formula is C23H29N3O5S2. The fraction of sp³-hybridized carbons (Fsp3) is 0.391. The minimum atomic E-state index is -3.73. The molecule has 2 amide bonds. The lowest BCUT2D eigenvalue weighted by Gasteiger charge is -2.21. The summed E-state index contributed by atoms with van der Waals surface area (Å²) in [6, 6.07) is 11.3. The molecule has 0 radical (unpaired) electrons. The molecule has 10 heteroatoms. The van der Waals surface area contributed by atoms with Gasteiger partial charge in [0, 0.05) is 32.1 Å². The number of nitrogens with zero attached hydrogens (tertiary/aromatic N) is 2. The van der Waals surface area contributed by atoms with Crippen LogP contribution >= 0.6 is 11.8 Å². The summed E-state index contributed by atoms with van der Waals surface area (Å²) < 4.78 is 33.3. The highest BCUT2D eigenvalue weighted by Gasteiger charge is 2.27. The zero-order valence-electron chi connectivity index (χ0n) is 19.0. The van der Waals surface area contributed by atoms with Crippen LogP contribution in [-0.4, -0.2) is 63.1 Å². The van der Waals surface area contributed by atoms with Crippen LogP contribution < -0.4 is 10.1 Å². The molecule has 2 aromatic rings. The summed E-state index contributed by atoms with van der Waals surface area (Å²) in [5.74, 6) is -0.262. The minimum absolute atomic E-state index is 0.0563. The van der Waals surface area contributed by atoms with Crippen molar-refractivity contribution in [3.8, 4) is 5.75 Å². The number of nitrogens with one attached hydrogen (secondary N) is 1. The van der Waals surface area contributed by atoms with Crippen LogP contribution in [0, 0.1) is 0 Å². The van der Waals surface area contributed by atoms with Gasteiger partial charge in [0.15, 0.2) is 0 Å². The first-order valence-electron chi connectivity index (χ1n) is 10.7. The molecule has 1 aliphatic heterocycles. The van der Waals surface area contributed by atoms with Crippen molar-refractivity contribution in [2.45, 2.75) is 35.5 Å². The van der Waals surface area contributed by atoms with E-state index in [0.717, 1.165) is 37.4 Å². The van der Waals surface area contributed by atoms with Crippen molar-refractivity contribution in [1.82, 2.24) is 9.21 Å². The van der Waals surface area contributed by atoms with Gasteiger partial charge in [0.2, 0.25) is 10.0 Å². The number of methoxy groups -OCH3 is 1. The summed E-state index contributed by atoms with van der Waals surface area (Å²) in [5.41, 5.74) is 0.553. The van der Waals surface area contributed by atoms with Crippen LogP contribution in [-0.2, 0) is 10.0 Å². The quantitative estimate of drug-likeness (QED) is 0.606. The largest absolute Gasteiger partial charge is 0.496 e. The number of benzene rings is 2. The molecule has 1 aliphatic rings. The molecule has 0 aromatic heterocycles. The number of carbonyl (C=O) groups is 2. The van der Waals surface area contributed by atoms with Crippen molar-refractivity contribution in [1.29, 1.82) is 0 Å². The smallest absolute Gasteiger partial charge is 0.286 e. The molecule has 1 N–H and O–H groups in total. The molecular weight excluding hydrogens is 462 g/mol. The molecule has 1 heterocycles. The lowest BCUT2D eigenvalue weighted by Crippen LogP contribution is -2.32. The van der Waals surface area contributed by atoms with Gasteiger partial charge < -0.3 is 15.0 Å². The number of ether oxygens (including phenoxy) is 1. The molecule has 33 heavy (non-hydrogen) atoms. The number of para-hydroxylation sites is 1. The highest BCUT2D eigenvalue weighted by atomic mass is 32.2. The molecule has 178 valence electrons. The van der Waals surface area contributed by atoms with Gasteiger partial charge >= 0.3 is 0 Å². The van der Waals surface area contributed by atoms with Gasteiger partial charge in [0.1, 0.15) is 5.75 Å². The van der Waals surface area contributed by atoms with Crippen LogP contribution in [0.5, 0.6) is 5.75 Å². The fourth-order valence-corrected chi connectivity index (χ4v) is 5.78. The topological polar surface area (TPSA) is 96.0 Å². The third kappa shape index (κ3) is 6.07. The van der Waals surface area contributed by atoms with Crippen LogP contribution in [0.1, 0.15) is 36.0 Å². The number of carbonyl (C=O) groups excluding carboxylic acids is 2.